The summed E-state index contributed by atoms with van der Waals surface area (Å²) >= 11 is 3.62. The molecule has 0 bridgehead atoms. The lowest BCUT2D eigenvalue weighted by Gasteiger charge is -2.12. The fourth-order valence-corrected chi connectivity index (χ4v) is 3.44. The van der Waals surface area contributed by atoms with Crippen LogP contribution < -0.4 is 9.47 Å². The molecule has 0 aliphatic rings. The van der Waals surface area contributed by atoms with Crippen molar-refractivity contribution in [3.05, 3.63) is 94.0 Å². The highest BCUT2D eigenvalue weighted by Gasteiger charge is 2.10. The van der Waals surface area contributed by atoms with Gasteiger partial charge in [-0.2, -0.15) is 0 Å². The van der Waals surface area contributed by atoms with Crippen LogP contribution >= 0.6 is 15.9 Å². The molecule has 0 saturated heterocycles. The molecule has 0 fully saturated rings. The van der Waals surface area contributed by atoms with Crippen molar-refractivity contribution in [3.63, 3.8) is 0 Å². The lowest BCUT2D eigenvalue weighted by atomic mass is 10.0. The van der Waals surface area contributed by atoms with Gasteiger partial charge in [-0.15, -0.1) is 0 Å². The number of rotatable bonds is 7. The lowest BCUT2D eigenvalue weighted by Crippen LogP contribution is -2.05. The minimum absolute atomic E-state index is 0.674. The number of benzene rings is 3. The smallest absolute Gasteiger partial charge is 0.161 e. The third-order valence-corrected chi connectivity index (χ3v) is 5.04. The molecule has 0 amide bonds. The highest BCUT2D eigenvalue weighted by atomic mass is 79.9. The molecule has 0 aromatic heterocycles. The Morgan fingerprint density at radius 3 is 1.85 bits per heavy atom. The molecule has 3 aromatic carbocycles. The van der Waals surface area contributed by atoms with Crippen LogP contribution in [-0.4, -0.2) is 26.5 Å². The van der Waals surface area contributed by atoms with Gasteiger partial charge in [-0.1, -0.05) is 76.6 Å². The van der Waals surface area contributed by atoms with E-state index in [9.17, 15) is 0 Å². The summed E-state index contributed by atoms with van der Waals surface area (Å²) in [5, 5.41) is 0. The molecule has 0 aliphatic carbocycles. The van der Waals surface area contributed by atoms with Crippen LogP contribution in [0.2, 0.25) is 0 Å². The van der Waals surface area contributed by atoms with Crippen LogP contribution in [-0.2, 0) is 6.42 Å². The zero-order chi connectivity index (χ0) is 19.1. The number of ether oxygens (including phenoxy) is 2. The Kier molecular flexibility index (Phi) is 6.66. The molecule has 0 unspecified atom stereocenters. The van der Waals surface area contributed by atoms with Gasteiger partial charge in [-0.3, -0.25) is 4.99 Å². The molecule has 0 spiro atoms. The molecule has 4 heteroatoms. The van der Waals surface area contributed by atoms with Crippen molar-refractivity contribution >= 4 is 21.6 Å². The van der Waals surface area contributed by atoms with E-state index < -0.39 is 0 Å². The van der Waals surface area contributed by atoms with Crippen molar-refractivity contribution in [2.75, 3.05) is 20.8 Å². The van der Waals surface area contributed by atoms with E-state index in [1.54, 1.807) is 14.2 Å². The van der Waals surface area contributed by atoms with Gasteiger partial charge in [-0.25, -0.2) is 0 Å². The normalized spacial score (nSPS) is 10.3. The molecule has 0 heterocycles. The highest BCUT2D eigenvalue weighted by molar-refractivity contribution is 9.10. The quantitative estimate of drug-likeness (QED) is 0.466. The van der Waals surface area contributed by atoms with Gasteiger partial charge < -0.3 is 9.47 Å². The Hall–Kier alpha value is -2.59. The van der Waals surface area contributed by atoms with Crippen LogP contribution in [0.5, 0.6) is 11.5 Å². The molecule has 0 radical (unpaired) electrons. The number of halogens is 1. The Morgan fingerprint density at radius 1 is 0.815 bits per heavy atom. The van der Waals surface area contributed by atoms with Crippen LogP contribution in [0.1, 0.15) is 16.7 Å². The van der Waals surface area contributed by atoms with Gasteiger partial charge in [0.2, 0.25) is 0 Å². The third-order valence-electron chi connectivity index (χ3n) is 4.30. The number of aliphatic imine (C=N–C) groups is 1. The maximum absolute atomic E-state index is 5.42. The van der Waals surface area contributed by atoms with E-state index in [-0.39, 0.29) is 0 Å². The fraction of sp³-hybridized carbons (Fsp3) is 0.174. The summed E-state index contributed by atoms with van der Waals surface area (Å²) in [7, 11) is 3.29. The van der Waals surface area contributed by atoms with Crippen molar-refractivity contribution in [1.82, 2.24) is 0 Å². The van der Waals surface area contributed by atoms with Gasteiger partial charge in [0.05, 0.1) is 19.9 Å². The first-order valence-corrected chi connectivity index (χ1v) is 9.58. The monoisotopic (exact) mass is 423 g/mol. The molecule has 3 rings (SSSR count). The van der Waals surface area contributed by atoms with E-state index >= 15 is 0 Å². The maximum atomic E-state index is 5.42. The van der Waals surface area contributed by atoms with E-state index in [4.69, 9.17) is 14.5 Å². The molecular weight excluding hydrogens is 402 g/mol. The SMILES string of the molecule is COc1cc(Br)c(CCN=C(c2ccccc2)c2ccccc2)cc1OC. The summed E-state index contributed by atoms with van der Waals surface area (Å²) in [5.74, 6) is 1.44. The zero-order valence-electron chi connectivity index (χ0n) is 15.5. The van der Waals surface area contributed by atoms with Crippen LogP contribution in [0.4, 0.5) is 0 Å². The topological polar surface area (TPSA) is 30.8 Å². The lowest BCUT2D eigenvalue weighted by molar-refractivity contribution is 0.354. The van der Waals surface area contributed by atoms with Crippen molar-refractivity contribution in [1.29, 1.82) is 0 Å². The minimum Gasteiger partial charge on any atom is -0.493 e. The van der Waals surface area contributed by atoms with Gasteiger partial charge >= 0.3 is 0 Å². The fourth-order valence-electron chi connectivity index (χ4n) is 2.92. The van der Waals surface area contributed by atoms with E-state index in [1.807, 2.05) is 48.5 Å². The first-order valence-electron chi connectivity index (χ1n) is 8.78. The van der Waals surface area contributed by atoms with Gasteiger partial charge in [0.15, 0.2) is 11.5 Å². The van der Waals surface area contributed by atoms with Crippen LogP contribution in [0.25, 0.3) is 0 Å². The summed E-state index contributed by atoms with van der Waals surface area (Å²) in [4.78, 5) is 4.92. The Labute approximate surface area is 168 Å². The number of hydrogen-bond donors (Lipinski definition) is 0. The van der Waals surface area contributed by atoms with Gasteiger partial charge in [0.1, 0.15) is 0 Å². The summed E-state index contributed by atoms with van der Waals surface area (Å²) in [6.45, 7) is 0.674. The van der Waals surface area contributed by atoms with Gasteiger partial charge in [-0.05, 0) is 24.1 Å². The summed E-state index contributed by atoms with van der Waals surface area (Å²) < 4.78 is 11.8. The second-order valence-corrected chi connectivity index (χ2v) is 6.87. The summed E-state index contributed by atoms with van der Waals surface area (Å²) in [6.07, 6.45) is 0.796. The van der Waals surface area contributed by atoms with Crippen molar-refractivity contribution in [2.45, 2.75) is 6.42 Å². The first kappa shape index (κ1) is 19.2. The zero-order valence-corrected chi connectivity index (χ0v) is 17.1. The molecule has 27 heavy (non-hydrogen) atoms. The van der Waals surface area contributed by atoms with Gasteiger partial charge in [0.25, 0.3) is 0 Å². The van der Waals surface area contributed by atoms with Crippen molar-refractivity contribution < 1.29 is 9.47 Å². The van der Waals surface area contributed by atoms with E-state index in [0.717, 1.165) is 39.0 Å². The van der Waals surface area contributed by atoms with Crippen LogP contribution in [0, 0.1) is 0 Å². The van der Waals surface area contributed by atoms with E-state index in [1.165, 1.54) is 0 Å². The average molecular weight is 424 g/mol. The molecular formula is C23H22BrNO2. The molecule has 0 aliphatic heterocycles. The number of hydrogen-bond acceptors (Lipinski definition) is 3. The Balaban J connectivity index is 1.86. The standard InChI is InChI=1S/C23H22BrNO2/c1-26-21-15-19(20(24)16-22(21)27-2)13-14-25-23(17-9-5-3-6-10-17)18-11-7-4-8-12-18/h3-12,15-16H,13-14H2,1-2H3. The first-order chi connectivity index (χ1) is 13.2. The highest BCUT2D eigenvalue weighted by Crippen LogP contribution is 2.33. The van der Waals surface area contributed by atoms with Crippen molar-refractivity contribution in [3.8, 4) is 11.5 Å². The molecule has 138 valence electrons. The van der Waals surface area contributed by atoms with E-state index in [2.05, 4.69) is 40.2 Å². The Bertz CT molecular complexity index is 867. The Morgan fingerprint density at radius 2 is 1.33 bits per heavy atom. The van der Waals surface area contributed by atoms with Crippen molar-refractivity contribution in [2.24, 2.45) is 4.99 Å². The molecule has 0 atom stereocenters. The van der Waals surface area contributed by atoms with Gasteiger partial charge in [0, 0.05) is 22.1 Å². The summed E-state index contributed by atoms with van der Waals surface area (Å²) in [5.41, 5.74) is 4.38. The maximum Gasteiger partial charge on any atom is 0.161 e. The van der Waals surface area contributed by atoms with Crippen LogP contribution in [0.3, 0.4) is 0 Å². The minimum atomic E-state index is 0.674. The predicted octanol–water partition coefficient (Wildman–Crippen LogP) is 5.55. The largest absolute Gasteiger partial charge is 0.493 e. The molecule has 3 aromatic rings. The second-order valence-electron chi connectivity index (χ2n) is 6.01. The average Bonchev–Trinajstić information content (AvgIpc) is 2.73. The second kappa shape index (κ2) is 9.38. The van der Waals surface area contributed by atoms with E-state index in [0.29, 0.717) is 12.3 Å². The third kappa shape index (κ3) is 4.77. The number of methoxy groups -OCH3 is 2. The molecule has 0 saturated carbocycles. The summed E-state index contributed by atoms with van der Waals surface area (Å²) in [6, 6.07) is 24.5. The number of nitrogens with zero attached hydrogens (tertiary/aromatic N) is 1. The predicted molar refractivity (Wildman–Crippen MR) is 114 cm³/mol. The van der Waals surface area contributed by atoms with Crippen LogP contribution in [0.15, 0.2) is 82.3 Å². The molecule has 3 nitrogen and oxygen atoms in total. The molecule has 0 N–H and O–H groups in total.